The smallest absolute Gasteiger partial charge is 0.320 e. The van der Waals surface area contributed by atoms with Crippen molar-refractivity contribution < 1.29 is 23.9 Å². The summed E-state index contributed by atoms with van der Waals surface area (Å²) in [7, 11) is 0. The predicted octanol–water partition coefficient (Wildman–Crippen LogP) is 3.52. The lowest BCUT2D eigenvalue weighted by atomic mass is 9.80. The monoisotopic (exact) mass is 348 g/mol. The van der Waals surface area contributed by atoms with Crippen molar-refractivity contribution in [2.45, 2.75) is 46.5 Å². The van der Waals surface area contributed by atoms with Crippen molar-refractivity contribution >= 4 is 17.7 Å². The first-order valence-electron chi connectivity index (χ1n) is 8.87. The molecule has 0 saturated carbocycles. The topological polar surface area (TPSA) is 69.7 Å². The zero-order chi connectivity index (χ0) is 18.8. The van der Waals surface area contributed by atoms with E-state index in [-0.39, 0.29) is 31.3 Å². The van der Waals surface area contributed by atoms with Crippen LogP contribution in [0.25, 0.3) is 0 Å². The van der Waals surface area contributed by atoms with E-state index in [9.17, 15) is 14.4 Å². The van der Waals surface area contributed by atoms with E-state index in [2.05, 4.69) is 0 Å². The van der Waals surface area contributed by atoms with E-state index < -0.39 is 23.8 Å². The predicted molar refractivity (Wildman–Crippen MR) is 95.0 cm³/mol. The highest BCUT2D eigenvalue weighted by atomic mass is 16.6. The Morgan fingerprint density at radius 2 is 1.44 bits per heavy atom. The van der Waals surface area contributed by atoms with Crippen LogP contribution in [0.1, 0.15) is 52.0 Å². The van der Waals surface area contributed by atoms with Gasteiger partial charge >= 0.3 is 11.9 Å². The van der Waals surface area contributed by atoms with Crippen LogP contribution in [0.5, 0.6) is 0 Å². The summed E-state index contributed by atoms with van der Waals surface area (Å²) in [5, 5.41) is 0. The Morgan fingerprint density at radius 3 is 1.88 bits per heavy atom. The van der Waals surface area contributed by atoms with Gasteiger partial charge in [0.05, 0.1) is 13.2 Å². The molecule has 0 aromatic heterocycles. The molecule has 1 aromatic rings. The number of hydrogen-bond donors (Lipinski definition) is 0. The molecule has 0 amide bonds. The van der Waals surface area contributed by atoms with Crippen LogP contribution in [0.4, 0.5) is 0 Å². The van der Waals surface area contributed by atoms with Gasteiger partial charge in [0, 0.05) is 18.3 Å². The zero-order valence-electron chi connectivity index (χ0n) is 15.5. The Labute approximate surface area is 149 Å². The van der Waals surface area contributed by atoms with Gasteiger partial charge in [-0.15, -0.1) is 0 Å². The lowest BCUT2D eigenvalue weighted by molar-refractivity contribution is -0.163. The Bertz CT molecular complexity index is 549. The molecule has 0 N–H and O–H groups in total. The van der Waals surface area contributed by atoms with E-state index >= 15 is 0 Å². The van der Waals surface area contributed by atoms with Crippen LogP contribution in [0, 0.1) is 11.8 Å². The number of hydrogen-bond acceptors (Lipinski definition) is 5. The second kappa shape index (κ2) is 10.6. The maximum Gasteiger partial charge on any atom is 0.320 e. The highest BCUT2D eigenvalue weighted by Gasteiger charge is 2.39. The molecule has 0 spiro atoms. The van der Waals surface area contributed by atoms with Crippen molar-refractivity contribution in [3.63, 3.8) is 0 Å². The maximum atomic E-state index is 12.5. The largest absolute Gasteiger partial charge is 0.465 e. The standard InChI is InChI=1S/C20H28O5/c1-5-14(4)17(21)13-16(15-11-9-8-10-12-15)18(19(22)24-6-2)20(23)25-7-3/h8-12,14,16,18H,5-7,13H2,1-4H3. The molecule has 5 heteroatoms. The van der Waals surface area contributed by atoms with Crippen molar-refractivity contribution in [2.75, 3.05) is 13.2 Å². The second-order valence-corrected chi connectivity index (χ2v) is 5.98. The number of esters is 2. The lowest BCUT2D eigenvalue weighted by Crippen LogP contribution is -2.35. The van der Waals surface area contributed by atoms with E-state index in [0.717, 1.165) is 5.56 Å². The van der Waals surface area contributed by atoms with Gasteiger partial charge < -0.3 is 9.47 Å². The molecule has 2 unspecified atom stereocenters. The van der Waals surface area contributed by atoms with Gasteiger partial charge in [-0.05, 0) is 25.8 Å². The second-order valence-electron chi connectivity index (χ2n) is 5.98. The summed E-state index contributed by atoms with van der Waals surface area (Å²) >= 11 is 0. The molecule has 0 fully saturated rings. The number of carbonyl (C=O) groups is 3. The third kappa shape index (κ3) is 6.00. The van der Waals surface area contributed by atoms with Crippen LogP contribution in [0.3, 0.4) is 0 Å². The first kappa shape index (κ1) is 20.9. The van der Waals surface area contributed by atoms with Crippen molar-refractivity contribution in [1.29, 1.82) is 0 Å². The van der Waals surface area contributed by atoms with E-state index in [1.807, 2.05) is 44.2 Å². The molecule has 0 bridgehead atoms. The summed E-state index contributed by atoms with van der Waals surface area (Å²) in [6.45, 7) is 7.48. The normalized spacial score (nSPS) is 13.2. The first-order valence-corrected chi connectivity index (χ1v) is 8.87. The Hall–Kier alpha value is -2.17. The van der Waals surface area contributed by atoms with Crippen molar-refractivity contribution in [1.82, 2.24) is 0 Å². The van der Waals surface area contributed by atoms with Crippen LogP contribution in [0.15, 0.2) is 30.3 Å². The van der Waals surface area contributed by atoms with Crippen LogP contribution >= 0.6 is 0 Å². The minimum Gasteiger partial charge on any atom is -0.465 e. The number of benzene rings is 1. The summed E-state index contributed by atoms with van der Waals surface area (Å²) in [4.78, 5) is 37.4. The zero-order valence-corrected chi connectivity index (χ0v) is 15.5. The van der Waals surface area contributed by atoms with Crippen molar-refractivity contribution in [3.8, 4) is 0 Å². The number of ether oxygens (including phenoxy) is 2. The van der Waals surface area contributed by atoms with Gasteiger partial charge in [0.15, 0.2) is 5.92 Å². The van der Waals surface area contributed by atoms with Crippen LogP contribution < -0.4 is 0 Å². The van der Waals surface area contributed by atoms with Gasteiger partial charge in [-0.3, -0.25) is 14.4 Å². The molecular formula is C20H28O5. The molecule has 1 rings (SSSR count). The highest BCUT2D eigenvalue weighted by Crippen LogP contribution is 2.32. The molecule has 25 heavy (non-hydrogen) atoms. The fraction of sp³-hybridized carbons (Fsp3) is 0.550. The van der Waals surface area contributed by atoms with Crippen molar-refractivity contribution in [2.24, 2.45) is 11.8 Å². The summed E-state index contributed by atoms with van der Waals surface area (Å²) in [6.07, 6.45) is 0.811. The number of Topliss-reactive ketones (excluding diaryl/α,β-unsaturated/α-hetero) is 1. The van der Waals surface area contributed by atoms with Gasteiger partial charge in [-0.1, -0.05) is 44.2 Å². The quantitative estimate of drug-likeness (QED) is 0.478. The van der Waals surface area contributed by atoms with Crippen molar-refractivity contribution in [3.05, 3.63) is 35.9 Å². The van der Waals surface area contributed by atoms with Crippen LogP contribution in [-0.2, 0) is 23.9 Å². The molecule has 0 aliphatic rings. The molecule has 0 heterocycles. The molecule has 0 aliphatic heterocycles. The summed E-state index contributed by atoms with van der Waals surface area (Å²) in [5.41, 5.74) is 0.755. The molecule has 0 aliphatic carbocycles. The van der Waals surface area contributed by atoms with E-state index in [1.165, 1.54) is 0 Å². The van der Waals surface area contributed by atoms with Gasteiger partial charge in [-0.2, -0.15) is 0 Å². The minimum absolute atomic E-state index is 0.0231. The molecule has 2 atom stereocenters. The van der Waals surface area contributed by atoms with Gasteiger partial charge in [0.1, 0.15) is 5.78 Å². The number of rotatable bonds is 10. The Morgan fingerprint density at radius 1 is 0.920 bits per heavy atom. The Kier molecular flexibility index (Phi) is 8.89. The maximum absolute atomic E-state index is 12.5. The number of ketones is 1. The van der Waals surface area contributed by atoms with Gasteiger partial charge in [0.2, 0.25) is 0 Å². The molecule has 1 aromatic carbocycles. The van der Waals surface area contributed by atoms with E-state index in [0.29, 0.717) is 6.42 Å². The third-order valence-electron chi connectivity index (χ3n) is 4.29. The molecule has 0 radical (unpaired) electrons. The van der Waals surface area contributed by atoms with Gasteiger partial charge in [0.25, 0.3) is 0 Å². The summed E-state index contributed by atoms with van der Waals surface area (Å²) < 4.78 is 10.2. The van der Waals surface area contributed by atoms with Crippen LogP contribution in [0.2, 0.25) is 0 Å². The lowest BCUT2D eigenvalue weighted by Gasteiger charge is -2.25. The van der Waals surface area contributed by atoms with E-state index in [1.54, 1.807) is 13.8 Å². The van der Waals surface area contributed by atoms with E-state index in [4.69, 9.17) is 9.47 Å². The Balaban J connectivity index is 3.25. The fourth-order valence-corrected chi connectivity index (χ4v) is 2.66. The molecule has 138 valence electrons. The molecule has 0 saturated heterocycles. The minimum atomic E-state index is -1.14. The average Bonchev–Trinajstić information content (AvgIpc) is 2.61. The number of carbonyl (C=O) groups excluding carboxylic acids is 3. The molecular weight excluding hydrogens is 320 g/mol. The fourth-order valence-electron chi connectivity index (χ4n) is 2.66. The van der Waals surface area contributed by atoms with Crippen LogP contribution in [-0.4, -0.2) is 30.9 Å². The van der Waals surface area contributed by atoms with Gasteiger partial charge in [-0.25, -0.2) is 0 Å². The summed E-state index contributed by atoms with van der Waals surface area (Å²) in [6, 6.07) is 9.13. The SMILES string of the molecule is CCOC(=O)C(C(=O)OCC)C(CC(=O)C(C)CC)c1ccccc1. The average molecular weight is 348 g/mol. The summed E-state index contributed by atoms with van der Waals surface area (Å²) in [5.74, 6) is -3.14. The molecule has 5 nitrogen and oxygen atoms in total. The first-order chi connectivity index (χ1) is 12.0. The highest BCUT2D eigenvalue weighted by molar-refractivity contribution is 5.97. The third-order valence-corrected chi connectivity index (χ3v) is 4.29.